The van der Waals surface area contributed by atoms with Gasteiger partial charge in [0.2, 0.25) is 0 Å². The molecule has 0 radical (unpaired) electrons. The summed E-state index contributed by atoms with van der Waals surface area (Å²) in [6.07, 6.45) is 0.789. The third-order valence-electron chi connectivity index (χ3n) is 3.29. The average Bonchev–Trinajstić information content (AvgIpc) is 2.50. The van der Waals surface area contributed by atoms with E-state index in [9.17, 15) is 5.11 Å². The van der Waals surface area contributed by atoms with Gasteiger partial charge in [0, 0.05) is 13.1 Å². The number of nitrogens with zero attached hydrogens (tertiary/aromatic N) is 1. The highest BCUT2D eigenvalue weighted by Gasteiger charge is 2.22. The molecule has 2 unspecified atom stereocenters. The van der Waals surface area contributed by atoms with Crippen LogP contribution in [0.25, 0.3) is 0 Å². The van der Waals surface area contributed by atoms with Crippen LogP contribution >= 0.6 is 0 Å². The van der Waals surface area contributed by atoms with Gasteiger partial charge < -0.3 is 15.3 Å². The van der Waals surface area contributed by atoms with Crippen molar-refractivity contribution in [3.8, 4) is 0 Å². The quantitative estimate of drug-likeness (QED) is 0.801. The summed E-state index contributed by atoms with van der Waals surface area (Å²) in [7, 11) is 0. The summed E-state index contributed by atoms with van der Waals surface area (Å²) in [5.74, 6) is 0. The smallest absolute Gasteiger partial charge is 0.0712 e. The van der Waals surface area contributed by atoms with E-state index in [2.05, 4.69) is 29.3 Å². The molecular weight excluding hydrogens is 200 g/mol. The largest absolute Gasteiger partial charge is 0.391 e. The molecule has 1 aliphatic heterocycles. The van der Waals surface area contributed by atoms with Gasteiger partial charge in [-0.1, -0.05) is 12.1 Å². The number of para-hydroxylation sites is 2. The normalized spacial score (nSPS) is 19.3. The standard InChI is InChI=1S/C13H20N2O/c1-10(11(2)16)15-9-5-8-14-12-6-3-4-7-13(12)15/h3-4,6-7,10-11,14,16H,5,8-9H2,1-2H3. The van der Waals surface area contributed by atoms with Crippen molar-refractivity contribution in [1.29, 1.82) is 0 Å². The SMILES string of the molecule is CC(O)C(C)N1CCCNc2ccccc21. The van der Waals surface area contributed by atoms with Crippen LogP contribution in [0.1, 0.15) is 20.3 Å². The van der Waals surface area contributed by atoms with Crippen molar-refractivity contribution < 1.29 is 5.11 Å². The predicted molar refractivity (Wildman–Crippen MR) is 68.0 cm³/mol. The first-order valence-corrected chi connectivity index (χ1v) is 5.98. The molecule has 0 saturated heterocycles. The molecule has 3 nitrogen and oxygen atoms in total. The lowest BCUT2D eigenvalue weighted by atomic mass is 10.1. The Kier molecular flexibility index (Phi) is 3.34. The van der Waals surface area contributed by atoms with E-state index in [1.807, 2.05) is 19.1 Å². The number of benzene rings is 1. The third-order valence-corrected chi connectivity index (χ3v) is 3.29. The highest BCUT2D eigenvalue weighted by Crippen LogP contribution is 2.30. The zero-order valence-corrected chi connectivity index (χ0v) is 9.98. The summed E-state index contributed by atoms with van der Waals surface area (Å²) in [4.78, 5) is 2.29. The van der Waals surface area contributed by atoms with Crippen LogP contribution in [-0.4, -0.2) is 30.3 Å². The van der Waals surface area contributed by atoms with Crippen molar-refractivity contribution in [2.75, 3.05) is 23.3 Å². The van der Waals surface area contributed by atoms with Crippen LogP contribution < -0.4 is 10.2 Å². The maximum Gasteiger partial charge on any atom is 0.0712 e. The monoisotopic (exact) mass is 220 g/mol. The zero-order valence-electron chi connectivity index (χ0n) is 9.98. The lowest BCUT2D eigenvalue weighted by Gasteiger charge is -2.32. The second-order valence-electron chi connectivity index (χ2n) is 4.47. The Morgan fingerprint density at radius 2 is 2.06 bits per heavy atom. The van der Waals surface area contributed by atoms with Crippen molar-refractivity contribution in [2.45, 2.75) is 32.4 Å². The third kappa shape index (κ3) is 2.14. The van der Waals surface area contributed by atoms with Crippen LogP contribution in [0.15, 0.2) is 24.3 Å². The lowest BCUT2D eigenvalue weighted by molar-refractivity contribution is 0.165. The van der Waals surface area contributed by atoms with Crippen LogP contribution in [0, 0.1) is 0 Å². The first-order chi connectivity index (χ1) is 7.70. The summed E-state index contributed by atoms with van der Waals surface area (Å²) in [6.45, 7) is 5.93. The number of aliphatic hydroxyl groups excluding tert-OH is 1. The molecule has 0 aromatic heterocycles. The number of nitrogens with one attached hydrogen (secondary N) is 1. The van der Waals surface area contributed by atoms with E-state index in [4.69, 9.17) is 0 Å². The molecule has 2 atom stereocenters. The van der Waals surface area contributed by atoms with Gasteiger partial charge in [0.25, 0.3) is 0 Å². The van der Waals surface area contributed by atoms with E-state index < -0.39 is 0 Å². The molecule has 1 aliphatic rings. The van der Waals surface area contributed by atoms with E-state index in [0.29, 0.717) is 0 Å². The lowest BCUT2D eigenvalue weighted by Crippen LogP contribution is -2.40. The fourth-order valence-corrected chi connectivity index (χ4v) is 2.15. The summed E-state index contributed by atoms with van der Waals surface area (Å²) >= 11 is 0. The topological polar surface area (TPSA) is 35.5 Å². The number of rotatable bonds is 2. The second-order valence-corrected chi connectivity index (χ2v) is 4.47. The summed E-state index contributed by atoms with van der Waals surface area (Å²) in [5.41, 5.74) is 2.38. The Hall–Kier alpha value is -1.22. The van der Waals surface area contributed by atoms with E-state index in [-0.39, 0.29) is 12.1 Å². The van der Waals surface area contributed by atoms with Crippen molar-refractivity contribution in [2.24, 2.45) is 0 Å². The van der Waals surface area contributed by atoms with Gasteiger partial charge in [-0.3, -0.25) is 0 Å². The Labute approximate surface area is 97.1 Å². The first-order valence-electron chi connectivity index (χ1n) is 5.98. The molecule has 1 aromatic carbocycles. The van der Waals surface area contributed by atoms with Crippen molar-refractivity contribution in [1.82, 2.24) is 0 Å². The molecule has 3 heteroatoms. The van der Waals surface area contributed by atoms with E-state index in [0.717, 1.165) is 19.5 Å². The number of anilines is 2. The number of aliphatic hydroxyl groups is 1. The zero-order chi connectivity index (χ0) is 11.5. The molecule has 0 spiro atoms. The fraction of sp³-hybridized carbons (Fsp3) is 0.538. The minimum absolute atomic E-state index is 0.154. The van der Waals surface area contributed by atoms with Gasteiger partial charge in [0.05, 0.1) is 23.5 Å². The molecule has 0 aliphatic carbocycles. The number of fused-ring (bicyclic) bond motifs is 1. The highest BCUT2D eigenvalue weighted by atomic mass is 16.3. The van der Waals surface area contributed by atoms with E-state index in [1.54, 1.807) is 0 Å². The molecule has 0 fully saturated rings. The fourth-order valence-electron chi connectivity index (χ4n) is 2.15. The van der Waals surface area contributed by atoms with Gasteiger partial charge in [-0.25, -0.2) is 0 Å². The minimum atomic E-state index is -0.314. The van der Waals surface area contributed by atoms with Crippen molar-refractivity contribution >= 4 is 11.4 Å². The second kappa shape index (κ2) is 4.74. The predicted octanol–water partition coefficient (Wildman–Crippen LogP) is 2.08. The van der Waals surface area contributed by atoms with Crippen LogP contribution in [0.3, 0.4) is 0 Å². The Balaban J connectivity index is 2.32. The molecule has 0 saturated carbocycles. The number of hydrogen-bond donors (Lipinski definition) is 2. The van der Waals surface area contributed by atoms with Gasteiger partial charge in [0.15, 0.2) is 0 Å². The summed E-state index contributed by atoms with van der Waals surface area (Å²) in [5, 5.41) is 13.2. The maximum atomic E-state index is 9.73. The van der Waals surface area contributed by atoms with Gasteiger partial charge in [-0.05, 0) is 32.4 Å². The molecule has 88 valence electrons. The van der Waals surface area contributed by atoms with Crippen molar-refractivity contribution in [3.63, 3.8) is 0 Å². The van der Waals surface area contributed by atoms with E-state index >= 15 is 0 Å². The Morgan fingerprint density at radius 3 is 2.81 bits per heavy atom. The molecule has 16 heavy (non-hydrogen) atoms. The average molecular weight is 220 g/mol. The van der Waals surface area contributed by atoms with Gasteiger partial charge >= 0.3 is 0 Å². The Bertz CT molecular complexity index is 352. The van der Waals surface area contributed by atoms with Crippen LogP contribution in [0.5, 0.6) is 0 Å². The van der Waals surface area contributed by atoms with E-state index in [1.165, 1.54) is 11.4 Å². The maximum absolute atomic E-state index is 9.73. The number of hydrogen-bond acceptors (Lipinski definition) is 3. The van der Waals surface area contributed by atoms with Gasteiger partial charge in [-0.15, -0.1) is 0 Å². The van der Waals surface area contributed by atoms with Gasteiger partial charge in [0.1, 0.15) is 0 Å². The summed E-state index contributed by atoms with van der Waals surface area (Å²) < 4.78 is 0. The Morgan fingerprint density at radius 1 is 1.31 bits per heavy atom. The van der Waals surface area contributed by atoms with Crippen molar-refractivity contribution in [3.05, 3.63) is 24.3 Å². The van der Waals surface area contributed by atoms with Crippen LogP contribution in [0.2, 0.25) is 0 Å². The molecule has 1 heterocycles. The first kappa shape index (κ1) is 11.3. The molecule has 2 rings (SSSR count). The molecule has 1 aromatic rings. The molecule has 0 amide bonds. The molecule has 2 N–H and O–H groups in total. The summed E-state index contributed by atoms with van der Waals surface area (Å²) in [6, 6.07) is 8.46. The minimum Gasteiger partial charge on any atom is -0.391 e. The van der Waals surface area contributed by atoms with Gasteiger partial charge in [-0.2, -0.15) is 0 Å². The highest BCUT2D eigenvalue weighted by molar-refractivity contribution is 5.71. The molecule has 0 bridgehead atoms. The van der Waals surface area contributed by atoms with Crippen LogP contribution in [0.4, 0.5) is 11.4 Å². The molecular formula is C13H20N2O. The van der Waals surface area contributed by atoms with Crippen LogP contribution in [-0.2, 0) is 0 Å².